The molecule has 0 spiro atoms. The van der Waals surface area contributed by atoms with Crippen LogP contribution >= 0.6 is 23.2 Å². The maximum atomic E-state index is 13.6. The van der Waals surface area contributed by atoms with Crippen LogP contribution in [0.4, 0.5) is 5.69 Å². The zero-order valence-corrected chi connectivity index (χ0v) is 18.8. The van der Waals surface area contributed by atoms with Crippen molar-refractivity contribution in [3.8, 4) is 0 Å². The fourth-order valence-electron chi connectivity index (χ4n) is 6.62. The van der Waals surface area contributed by atoms with Crippen molar-refractivity contribution >= 4 is 57.2 Å². The highest BCUT2D eigenvalue weighted by atomic mass is 35.5. The second kappa shape index (κ2) is 6.81. The Bertz CT molecular complexity index is 1400. The molecule has 2 saturated carbocycles. The molecule has 7 rings (SSSR count). The van der Waals surface area contributed by atoms with Crippen molar-refractivity contribution in [2.75, 3.05) is 4.90 Å². The van der Waals surface area contributed by atoms with Gasteiger partial charge >= 0.3 is 0 Å². The molecule has 0 N–H and O–H groups in total. The van der Waals surface area contributed by atoms with Gasteiger partial charge in [-0.15, -0.1) is 0 Å². The zero-order valence-electron chi connectivity index (χ0n) is 17.3. The minimum absolute atomic E-state index is 0.0000915. The van der Waals surface area contributed by atoms with Crippen molar-refractivity contribution in [1.29, 1.82) is 0 Å². The molecule has 2 bridgehead atoms. The first-order valence-corrected chi connectivity index (χ1v) is 11.8. The molecule has 0 aromatic heterocycles. The second-order valence-corrected chi connectivity index (χ2v) is 10.2. The van der Waals surface area contributed by atoms with E-state index >= 15 is 0 Å². The standard InChI is InChI=1S/C26H18Cl2N2O3/c27-14-6-8-16(19(28)10-14)23-22-17-11-18(24(22)33-29-23)21-20(17)25(31)30(26(21)32)15-7-5-12-3-1-2-4-13(12)9-15/h1-10,17-18,20-22,24H,11H2/t17-,18-,20+,21-,22-,24-/m1/s1. The number of amides is 2. The molecule has 2 aliphatic heterocycles. The fraction of sp³-hybridized carbons (Fsp3) is 0.269. The number of carbonyl (C=O) groups excluding carboxylic acids is 2. The van der Waals surface area contributed by atoms with Crippen LogP contribution in [0.3, 0.4) is 0 Å². The van der Waals surface area contributed by atoms with Gasteiger partial charge in [0.25, 0.3) is 0 Å². The van der Waals surface area contributed by atoms with Gasteiger partial charge in [-0.2, -0.15) is 0 Å². The molecule has 6 atom stereocenters. The van der Waals surface area contributed by atoms with Gasteiger partial charge in [0, 0.05) is 22.4 Å². The van der Waals surface area contributed by atoms with Gasteiger partial charge in [-0.05, 0) is 47.4 Å². The molecule has 5 nitrogen and oxygen atoms in total. The van der Waals surface area contributed by atoms with Crippen LogP contribution in [0.5, 0.6) is 0 Å². The van der Waals surface area contributed by atoms with E-state index in [-0.39, 0.29) is 47.5 Å². The van der Waals surface area contributed by atoms with E-state index in [9.17, 15) is 9.59 Å². The summed E-state index contributed by atoms with van der Waals surface area (Å²) in [6.07, 6.45) is 0.587. The molecule has 1 saturated heterocycles. The van der Waals surface area contributed by atoms with Crippen LogP contribution in [0.2, 0.25) is 10.0 Å². The molecular formula is C26H18Cl2N2O3. The van der Waals surface area contributed by atoms with Crippen molar-refractivity contribution in [2.24, 2.45) is 34.7 Å². The van der Waals surface area contributed by atoms with Crippen molar-refractivity contribution in [3.63, 3.8) is 0 Å². The van der Waals surface area contributed by atoms with E-state index < -0.39 is 0 Å². The van der Waals surface area contributed by atoms with E-state index in [2.05, 4.69) is 5.16 Å². The molecule has 3 aromatic rings. The van der Waals surface area contributed by atoms with Crippen LogP contribution in [0.15, 0.2) is 65.8 Å². The van der Waals surface area contributed by atoms with Gasteiger partial charge < -0.3 is 4.84 Å². The van der Waals surface area contributed by atoms with Gasteiger partial charge in [-0.3, -0.25) is 14.5 Å². The van der Waals surface area contributed by atoms with Crippen molar-refractivity contribution < 1.29 is 14.4 Å². The Kier molecular flexibility index (Phi) is 4.04. The van der Waals surface area contributed by atoms with Crippen LogP contribution < -0.4 is 4.90 Å². The predicted molar refractivity (Wildman–Crippen MR) is 126 cm³/mol. The minimum Gasteiger partial charge on any atom is -0.391 e. The predicted octanol–water partition coefficient (Wildman–Crippen LogP) is 5.32. The Balaban J connectivity index is 1.25. The number of rotatable bonds is 2. The summed E-state index contributed by atoms with van der Waals surface area (Å²) >= 11 is 12.5. The third kappa shape index (κ3) is 2.58. The quantitative estimate of drug-likeness (QED) is 0.470. The van der Waals surface area contributed by atoms with E-state index in [1.54, 1.807) is 12.1 Å². The molecule has 2 aliphatic carbocycles. The van der Waals surface area contributed by atoms with Crippen molar-refractivity contribution in [1.82, 2.24) is 0 Å². The van der Waals surface area contributed by atoms with Crippen LogP contribution in [-0.4, -0.2) is 23.6 Å². The van der Waals surface area contributed by atoms with Crippen molar-refractivity contribution in [2.45, 2.75) is 12.5 Å². The number of anilines is 1. The second-order valence-electron chi connectivity index (χ2n) is 9.35. The van der Waals surface area contributed by atoms with Gasteiger partial charge in [-0.1, -0.05) is 64.8 Å². The summed E-state index contributed by atoms with van der Waals surface area (Å²) in [5.41, 5.74) is 2.18. The number of benzene rings is 3. The van der Waals surface area contributed by atoms with E-state index in [4.69, 9.17) is 28.0 Å². The molecule has 7 heteroatoms. The number of halogens is 2. The third-order valence-corrected chi connectivity index (χ3v) is 8.44. The van der Waals surface area contributed by atoms with Crippen LogP contribution in [0.1, 0.15) is 12.0 Å². The number of imide groups is 1. The molecular weight excluding hydrogens is 459 g/mol. The summed E-state index contributed by atoms with van der Waals surface area (Å²) in [5, 5.41) is 7.50. The highest BCUT2D eigenvalue weighted by molar-refractivity contribution is 6.37. The van der Waals surface area contributed by atoms with Crippen LogP contribution in [-0.2, 0) is 14.4 Å². The topological polar surface area (TPSA) is 59.0 Å². The lowest BCUT2D eigenvalue weighted by Gasteiger charge is -2.30. The highest BCUT2D eigenvalue weighted by Gasteiger charge is 2.70. The maximum absolute atomic E-state index is 13.6. The van der Waals surface area contributed by atoms with Gasteiger partial charge in [0.1, 0.15) is 6.10 Å². The Morgan fingerprint density at radius 2 is 1.61 bits per heavy atom. The first-order chi connectivity index (χ1) is 16.0. The fourth-order valence-corrected chi connectivity index (χ4v) is 7.12. The van der Waals surface area contributed by atoms with Crippen LogP contribution in [0.25, 0.3) is 10.8 Å². The molecule has 33 heavy (non-hydrogen) atoms. The molecule has 3 aromatic carbocycles. The zero-order chi connectivity index (χ0) is 22.4. The van der Waals surface area contributed by atoms with Crippen molar-refractivity contribution in [3.05, 3.63) is 76.3 Å². The molecule has 3 fully saturated rings. The van der Waals surface area contributed by atoms with E-state index in [1.807, 2.05) is 48.5 Å². The van der Waals surface area contributed by atoms with E-state index in [0.29, 0.717) is 15.7 Å². The summed E-state index contributed by atoms with van der Waals surface area (Å²) in [5.74, 6) is -1.02. The van der Waals surface area contributed by atoms with Gasteiger partial charge in [0.2, 0.25) is 11.8 Å². The van der Waals surface area contributed by atoms with Gasteiger partial charge in [-0.25, -0.2) is 0 Å². The molecule has 2 heterocycles. The SMILES string of the molecule is O=C1[C@@H]2[C@H]3C[C@@H]([C@@H]4C(c5ccc(Cl)cc5Cl)=NO[C@H]34)[C@@H]2C(=O)N1c1ccc2ccccc2c1. The van der Waals surface area contributed by atoms with E-state index in [1.165, 1.54) is 4.90 Å². The number of carbonyl (C=O) groups is 2. The number of hydrogen-bond acceptors (Lipinski definition) is 4. The number of nitrogens with zero attached hydrogens (tertiary/aromatic N) is 2. The lowest BCUT2D eigenvalue weighted by molar-refractivity contribution is -0.125. The van der Waals surface area contributed by atoms with E-state index in [0.717, 1.165) is 28.5 Å². The largest absolute Gasteiger partial charge is 0.391 e. The lowest BCUT2D eigenvalue weighted by Crippen LogP contribution is -2.41. The molecule has 0 unspecified atom stereocenters. The summed E-state index contributed by atoms with van der Waals surface area (Å²) in [6, 6.07) is 19.0. The minimum atomic E-state index is -0.356. The Hall–Kier alpha value is -2.89. The Morgan fingerprint density at radius 3 is 2.39 bits per heavy atom. The molecule has 0 radical (unpaired) electrons. The Labute approximate surface area is 199 Å². The summed E-state index contributed by atoms with van der Waals surface area (Å²) in [6.45, 7) is 0. The first kappa shape index (κ1) is 19.6. The number of hydrogen-bond donors (Lipinski definition) is 0. The molecule has 2 amide bonds. The van der Waals surface area contributed by atoms with Crippen LogP contribution in [0, 0.1) is 29.6 Å². The number of oxime groups is 1. The molecule has 164 valence electrons. The maximum Gasteiger partial charge on any atom is 0.238 e. The molecule has 4 aliphatic rings. The van der Waals surface area contributed by atoms with Gasteiger partial charge in [0.05, 0.1) is 28.3 Å². The first-order valence-electron chi connectivity index (χ1n) is 11.1. The highest BCUT2D eigenvalue weighted by Crippen LogP contribution is 2.62. The summed E-state index contributed by atoms with van der Waals surface area (Å²) < 4.78 is 0. The monoisotopic (exact) mass is 476 g/mol. The summed E-state index contributed by atoms with van der Waals surface area (Å²) in [4.78, 5) is 34.4. The lowest BCUT2D eigenvalue weighted by atomic mass is 9.71. The van der Waals surface area contributed by atoms with Gasteiger partial charge in [0.15, 0.2) is 0 Å². The summed E-state index contributed by atoms with van der Waals surface area (Å²) in [7, 11) is 0. The average Bonchev–Trinajstić information content (AvgIpc) is 3.54. The normalized spacial score (nSPS) is 31.7. The average molecular weight is 477 g/mol. The number of fused-ring (bicyclic) bond motifs is 9. The smallest absolute Gasteiger partial charge is 0.238 e. The third-order valence-electron chi connectivity index (χ3n) is 7.89. The Morgan fingerprint density at radius 1 is 0.848 bits per heavy atom.